The van der Waals surface area contributed by atoms with Crippen LogP contribution in [0.3, 0.4) is 0 Å². The predicted octanol–water partition coefficient (Wildman–Crippen LogP) is 2.17. The third kappa shape index (κ3) is 4.61. The number of hydrogen-bond acceptors (Lipinski definition) is 3. The van der Waals surface area contributed by atoms with Gasteiger partial charge in [0.15, 0.2) is 0 Å². The molecule has 0 heterocycles. The first-order valence-electron chi connectivity index (χ1n) is 5.19. The second kappa shape index (κ2) is 5.80. The van der Waals surface area contributed by atoms with Crippen LogP contribution in [0.4, 0.5) is 4.39 Å². The van der Waals surface area contributed by atoms with Crippen molar-refractivity contribution in [2.75, 3.05) is 18.6 Å². The van der Waals surface area contributed by atoms with E-state index >= 15 is 0 Å². The lowest BCUT2D eigenvalue weighted by Gasteiger charge is -2.18. The number of halogens is 2. The van der Waals surface area contributed by atoms with Crippen molar-refractivity contribution < 1.29 is 12.8 Å². The number of rotatable bonds is 5. The molecule has 1 aromatic rings. The monoisotopic (exact) mass is 279 g/mol. The molecule has 0 saturated heterocycles. The topological polar surface area (TPSA) is 46.2 Å². The molecular weight excluding hydrogens is 265 g/mol. The predicted molar refractivity (Wildman–Crippen MR) is 67.5 cm³/mol. The lowest BCUT2D eigenvalue weighted by molar-refractivity contribution is 0.531. The van der Waals surface area contributed by atoms with Gasteiger partial charge in [0.1, 0.15) is 15.7 Å². The Kier molecular flexibility index (Phi) is 4.91. The zero-order chi connectivity index (χ0) is 13.1. The molecule has 0 saturated carbocycles. The molecule has 0 aliphatic rings. The molecule has 6 heteroatoms. The van der Waals surface area contributed by atoms with Crippen molar-refractivity contribution in [2.45, 2.75) is 13.0 Å². The van der Waals surface area contributed by atoms with Crippen molar-refractivity contribution in [3.05, 3.63) is 34.6 Å². The van der Waals surface area contributed by atoms with Crippen LogP contribution in [-0.2, 0) is 9.84 Å². The maximum absolute atomic E-state index is 13.7. The lowest BCUT2D eigenvalue weighted by Crippen LogP contribution is -2.28. The van der Waals surface area contributed by atoms with Crippen molar-refractivity contribution in [1.29, 1.82) is 0 Å². The van der Waals surface area contributed by atoms with Gasteiger partial charge in [0.2, 0.25) is 0 Å². The van der Waals surface area contributed by atoms with Gasteiger partial charge in [-0.1, -0.05) is 24.6 Å². The molecule has 1 aromatic carbocycles. The van der Waals surface area contributed by atoms with Crippen LogP contribution < -0.4 is 5.32 Å². The third-order valence-electron chi connectivity index (χ3n) is 2.26. The van der Waals surface area contributed by atoms with Crippen molar-refractivity contribution in [3.63, 3.8) is 0 Å². The molecule has 0 spiro atoms. The van der Waals surface area contributed by atoms with Gasteiger partial charge in [-0.05, 0) is 18.7 Å². The summed E-state index contributed by atoms with van der Waals surface area (Å²) in [5.41, 5.74) is 0.321. The molecule has 1 unspecified atom stereocenters. The van der Waals surface area contributed by atoms with E-state index in [2.05, 4.69) is 5.32 Å². The van der Waals surface area contributed by atoms with Crippen LogP contribution in [0.1, 0.15) is 18.5 Å². The molecule has 0 fully saturated rings. The summed E-state index contributed by atoms with van der Waals surface area (Å²) in [5, 5.41) is 3.25. The minimum Gasteiger partial charge on any atom is -0.309 e. The van der Waals surface area contributed by atoms with Gasteiger partial charge in [-0.15, -0.1) is 0 Å². The molecule has 17 heavy (non-hydrogen) atoms. The Morgan fingerprint density at radius 3 is 2.59 bits per heavy atom. The van der Waals surface area contributed by atoms with Gasteiger partial charge in [0, 0.05) is 22.9 Å². The molecule has 1 atom stereocenters. The SMILES string of the molecule is CCNC(CS(C)(=O)=O)c1ccc(Cl)cc1F. The fourth-order valence-electron chi connectivity index (χ4n) is 1.59. The summed E-state index contributed by atoms with van der Waals surface area (Å²) in [5.74, 6) is -0.633. The highest BCUT2D eigenvalue weighted by atomic mass is 35.5. The Bertz CT molecular complexity index is 490. The van der Waals surface area contributed by atoms with E-state index in [0.717, 1.165) is 6.26 Å². The number of benzene rings is 1. The lowest BCUT2D eigenvalue weighted by atomic mass is 10.1. The van der Waals surface area contributed by atoms with E-state index < -0.39 is 21.7 Å². The first kappa shape index (κ1) is 14.4. The number of sulfone groups is 1. The Morgan fingerprint density at radius 2 is 2.12 bits per heavy atom. The second-order valence-electron chi connectivity index (χ2n) is 3.87. The van der Waals surface area contributed by atoms with Crippen molar-refractivity contribution >= 4 is 21.4 Å². The van der Waals surface area contributed by atoms with Gasteiger partial charge in [0.25, 0.3) is 0 Å². The second-order valence-corrected chi connectivity index (χ2v) is 6.49. The Hall–Kier alpha value is -0.650. The van der Waals surface area contributed by atoms with E-state index in [1.165, 1.54) is 12.1 Å². The summed E-state index contributed by atoms with van der Waals surface area (Å²) in [6, 6.07) is 3.69. The van der Waals surface area contributed by atoms with Crippen LogP contribution >= 0.6 is 11.6 Å². The maximum atomic E-state index is 13.7. The summed E-state index contributed by atoms with van der Waals surface area (Å²) in [7, 11) is -3.18. The number of nitrogens with one attached hydrogen (secondary N) is 1. The summed E-state index contributed by atoms with van der Waals surface area (Å²) in [4.78, 5) is 0. The Balaban J connectivity index is 3.05. The van der Waals surface area contributed by atoms with Gasteiger partial charge < -0.3 is 5.32 Å². The van der Waals surface area contributed by atoms with Crippen LogP contribution in [0.2, 0.25) is 5.02 Å². The fraction of sp³-hybridized carbons (Fsp3) is 0.455. The van der Waals surface area contributed by atoms with E-state index in [4.69, 9.17) is 11.6 Å². The van der Waals surface area contributed by atoms with Gasteiger partial charge in [-0.3, -0.25) is 0 Å². The molecule has 0 aliphatic heterocycles. The fourth-order valence-corrected chi connectivity index (χ4v) is 2.65. The third-order valence-corrected chi connectivity index (χ3v) is 3.43. The molecule has 0 aliphatic carbocycles. The van der Waals surface area contributed by atoms with Crippen LogP contribution in [0.5, 0.6) is 0 Å². The summed E-state index contributed by atoms with van der Waals surface area (Å²) in [6.07, 6.45) is 1.13. The zero-order valence-electron chi connectivity index (χ0n) is 9.70. The van der Waals surface area contributed by atoms with Crippen LogP contribution in [-0.4, -0.2) is 27.0 Å². The quantitative estimate of drug-likeness (QED) is 0.899. The highest BCUT2D eigenvalue weighted by Gasteiger charge is 2.19. The smallest absolute Gasteiger partial charge is 0.149 e. The summed E-state index contributed by atoms with van der Waals surface area (Å²) in [6.45, 7) is 2.39. The van der Waals surface area contributed by atoms with Gasteiger partial charge in [-0.25, -0.2) is 12.8 Å². The molecule has 3 nitrogen and oxygen atoms in total. The Labute approximate surface area is 106 Å². The maximum Gasteiger partial charge on any atom is 0.149 e. The minimum atomic E-state index is -3.18. The van der Waals surface area contributed by atoms with Gasteiger partial charge in [0.05, 0.1) is 5.75 Å². The number of hydrogen-bond donors (Lipinski definition) is 1. The zero-order valence-corrected chi connectivity index (χ0v) is 11.3. The molecule has 0 radical (unpaired) electrons. The molecule has 0 aromatic heterocycles. The molecular formula is C11H15ClFNO2S. The van der Waals surface area contributed by atoms with E-state index in [9.17, 15) is 12.8 Å². The van der Waals surface area contributed by atoms with Gasteiger partial charge >= 0.3 is 0 Å². The van der Waals surface area contributed by atoms with E-state index in [-0.39, 0.29) is 5.75 Å². The van der Waals surface area contributed by atoms with E-state index in [1.54, 1.807) is 6.07 Å². The first-order valence-corrected chi connectivity index (χ1v) is 7.63. The van der Waals surface area contributed by atoms with Crippen molar-refractivity contribution in [1.82, 2.24) is 5.32 Å². The Morgan fingerprint density at radius 1 is 1.47 bits per heavy atom. The van der Waals surface area contributed by atoms with E-state index in [1.807, 2.05) is 6.92 Å². The molecule has 96 valence electrons. The van der Waals surface area contributed by atoms with Crippen LogP contribution in [0.15, 0.2) is 18.2 Å². The molecule has 0 bridgehead atoms. The standard InChI is InChI=1S/C11H15ClFNO2S/c1-3-14-11(7-17(2,15)16)9-5-4-8(12)6-10(9)13/h4-6,11,14H,3,7H2,1-2H3. The summed E-state index contributed by atoms with van der Waals surface area (Å²) >= 11 is 5.65. The average molecular weight is 280 g/mol. The molecule has 1 N–H and O–H groups in total. The summed E-state index contributed by atoms with van der Waals surface area (Å²) < 4.78 is 36.2. The van der Waals surface area contributed by atoms with Crippen LogP contribution in [0.25, 0.3) is 0 Å². The normalized spacial score (nSPS) is 13.6. The molecule has 0 amide bonds. The average Bonchev–Trinajstić information content (AvgIpc) is 2.14. The first-order chi connectivity index (χ1) is 7.83. The largest absolute Gasteiger partial charge is 0.309 e. The van der Waals surface area contributed by atoms with Crippen molar-refractivity contribution in [2.24, 2.45) is 0 Å². The highest BCUT2D eigenvalue weighted by Crippen LogP contribution is 2.21. The minimum absolute atomic E-state index is 0.139. The highest BCUT2D eigenvalue weighted by molar-refractivity contribution is 7.90. The van der Waals surface area contributed by atoms with Crippen molar-refractivity contribution in [3.8, 4) is 0 Å². The molecule has 1 rings (SSSR count). The van der Waals surface area contributed by atoms with Crippen LogP contribution in [0, 0.1) is 5.82 Å². The van der Waals surface area contributed by atoms with E-state index in [0.29, 0.717) is 17.1 Å². The van der Waals surface area contributed by atoms with Gasteiger partial charge in [-0.2, -0.15) is 0 Å².